The van der Waals surface area contributed by atoms with Crippen LogP contribution < -0.4 is 0 Å². The fraction of sp³-hybridized carbons (Fsp3) is 0.438. The van der Waals surface area contributed by atoms with Crippen molar-refractivity contribution in [3.63, 3.8) is 0 Å². The summed E-state index contributed by atoms with van der Waals surface area (Å²) in [4.78, 5) is 4.72. The molecule has 1 nitrogen and oxygen atoms in total. The number of nitrogens with zero attached hydrogens (tertiary/aromatic N) is 1. The average Bonchev–Trinajstić information content (AvgIpc) is 2.84. The van der Waals surface area contributed by atoms with Gasteiger partial charge < -0.3 is 0 Å². The summed E-state index contributed by atoms with van der Waals surface area (Å²) in [5.74, 6) is 0.0765. The molecule has 1 aromatic heterocycles. The van der Waals surface area contributed by atoms with Crippen LogP contribution in [-0.2, 0) is 11.8 Å². The van der Waals surface area contributed by atoms with Gasteiger partial charge in [0.1, 0.15) is 5.82 Å². The molecule has 1 heterocycles. The van der Waals surface area contributed by atoms with Crippen molar-refractivity contribution in [3.05, 3.63) is 51.7 Å². The van der Waals surface area contributed by atoms with Gasteiger partial charge >= 0.3 is 0 Å². The van der Waals surface area contributed by atoms with E-state index in [0.717, 1.165) is 28.0 Å². The zero-order valence-electron chi connectivity index (χ0n) is 12.0. The molecule has 4 heteroatoms. The molecule has 0 spiro atoms. The largest absolute Gasteiger partial charge is 0.246 e. The summed E-state index contributed by atoms with van der Waals surface area (Å²) in [6.07, 6.45) is 0.843. The molecule has 1 aromatic carbocycles. The molecule has 2 rings (SSSR count). The van der Waals surface area contributed by atoms with Crippen molar-refractivity contribution in [1.29, 1.82) is 0 Å². The first-order valence-corrected chi connectivity index (χ1v) is 8.66. The van der Waals surface area contributed by atoms with Crippen molar-refractivity contribution in [2.75, 3.05) is 5.33 Å². The Bertz CT molecular complexity index is 574. The molecule has 0 bridgehead atoms. The van der Waals surface area contributed by atoms with Crippen LogP contribution in [0.1, 0.15) is 43.0 Å². The van der Waals surface area contributed by atoms with Gasteiger partial charge in [-0.1, -0.05) is 48.8 Å². The van der Waals surface area contributed by atoms with Gasteiger partial charge in [-0.25, -0.2) is 9.37 Å². The van der Waals surface area contributed by atoms with Gasteiger partial charge in [-0.15, -0.1) is 11.3 Å². The molecule has 20 heavy (non-hydrogen) atoms. The van der Waals surface area contributed by atoms with E-state index in [0.29, 0.717) is 0 Å². The van der Waals surface area contributed by atoms with E-state index in [1.54, 1.807) is 23.5 Å². The topological polar surface area (TPSA) is 12.9 Å². The van der Waals surface area contributed by atoms with Crippen molar-refractivity contribution in [2.24, 2.45) is 0 Å². The molecule has 0 N–H and O–H groups in total. The zero-order valence-corrected chi connectivity index (χ0v) is 14.4. The van der Waals surface area contributed by atoms with E-state index < -0.39 is 0 Å². The number of alkyl halides is 1. The first-order chi connectivity index (χ1) is 9.40. The third-order valence-electron chi connectivity index (χ3n) is 3.25. The molecule has 0 fully saturated rings. The highest BCUT2D eigenvalue weighted by Gasteiger charge is 2.19. The number of thiazole rings is 1. The predicted molar refractivity (Wildman–Crippen MR) is 87.5 cm³/mol. The van der Waals surface area contributed by atoms with Gasteiger partial charge in [0.25, 0.3) is 0 Å². The zero-order chi connectivity index (χ0) is 14.8. The van der Waals surface area contributed by atoms with Crippen LogP contribution in [0.3, 0.4) is 0 Å². The molecule has 0 aliphatic carbocycles. The summed E-state index contributed by atoms with van der Waals surface area (Å²) in [6.45, 7) is 6.50. The Hall–Kier alpha value is -0.740. The first kappa shape index (κ1) is 15.6. The van der Waals surface area contributed by atoms with Gasteiger partial charge in [-0.3, -0.25) is 0 Å². The summed E-state index contributed by atoms with van der Waals surface area (Å²) in [5, 5.41) is 4.05. The maximum Gasteiger partial charge on any atom is 0.123 e. The third-order valence-corrected chi connectivity index (χ3v) is 4.90. The van der Waals surface area contributed by atoms with Gasteiger partial charge in [0, 0.05) is 22.5 Å². The van der Waals surface area contributed by atoms with Crippen LogP contribution in [0.25, 0.3) is 0 Å². The molecule has 1 unspecified atom stereocenters. The number of halogens is 2. The van der Waals surface area contributed by atoms with E-state index in [4.69, 9.17) is 4.98 Å². The monoisotopic (exact) mass is 355 g/mol. The number of aromatic nitrogens is 1. The Kier molecular flexibility index (Phi) is 4.97. The Morgan fingerprint density at radius 3 is 2.65 bits per heavy atom. The SMILES string of the molecule is CC(C)(C)c1csc(CC(CBr)c2cccc(F)c2)n1. The lowest BCUT2D eigenvalue weighted by Crippen LogP contribution is -2.12. The molecule has 0 aliphatic heterocycles. The average molecular weight is 356 g/mol. The second kappa shape index (κ2) is 6.35. The van der Waals surface area contributed by atoms with E-state index >= 15 is 0 Å². The van der Waals surface area contributed by atoms with E-state index in [-0.39, 0.29) is 17.2 Å². The quantitative estimate of drug-likeness (QED) is 0.678. The summed E-state index contributed by atoms with van der Waals surface area (Å²) in [5.41, 5.74) is 2.23. The standard InChI is InChI=1S/C16H19BrFNS/c1-16(2,3)14-10-20-15(19-14)8-12(9-17)11-5-4-6-13(18)7-11/h4-7,10,12H,8-9H2,1-3H3. The number of rotatable bonds is 4. The molecular weight excluding hydrogens is 337 g/mol. The first-order valence-electron chi connectivity index (χ1n) is 6.66. The van der Waals surface area contributed by atoms with Crippen molar-refractivity contribution < 1.29 is 4.39 Å². The van der Waals surface area contributed by atoms with E-state index in [2.05, 4.69) is 42.1 Å². The third kappa shape index (κ3) is 3.89. The van der Waals surface area contributed by atoms with Crippen molar-refractivity contribution in [3.8, 4) is 0 Å². The van der Waals surface area contributed by atoms with E-state index in [9.17, 15) is 4.39 Å². The van der Waals surface area contributed by atoms with Gasteiger partial charge in [0.15, 0.2) is 0 Å². The maximum absolute atomic E-state index is 13.3. The number of hydrogen-bond donors (Lipinski definition) is 0. The molecular formula is C16H19BrFNS. The molecule has 0 amide bonds. The summed E-state index contributed by atoms with van der Waals surface area (Å²) in [6, 6.07) is 6.84. The Morgan fingerprint density at radius 1 is 1.35 bits per heavy atom. The molecule has 0 saturated heterocycles. The van der Waals surface area contributed by atoms with Crippen LogP contribution in [0, 0.1) is 5.82 Å². The van der Waals surface area contributed by atoms with Gasteiger partial charge in [0.05, 0.1) is 10.7 Å². The van der Waals surface area contributed by atoms with Crippen LogP contribution in [0.15, 0.2) is 29.6 Å². The Balaban J connectivity index is 2.16. The Morgan fingerprint density at radius 2 is 2.10 bits per heavy atom. The maximum atomic E-state index is 13.3. The second-order valence-corrected chi connectivity index (χ2v) is 7.58. The van der Waals surface area contributed by atoms with Crippen molar-refractivity contribution in [1.82, 2.24) is 4.98 Å². The normalized spacial score (nSPS) is 13.4. The van der Waals surface area contributed by atoms with E-state index in [1.807, 2.05) is 6.07 Å². The lowest BCUT2D eigenvalue weighted by molar-refractivity contribution is 0.569. The van der Waals surface area contributed by atoms with Gasteiger partial charge in [0.2, 0.25) is 0 Å². The highest BCUT2D eigenvalue weighted by Crippen LogP contribution is 2.28. The number of benzene rings is 1. The van der Waals surface area contributed by atoms with Crippen LogP contribution in [-0.4, -0.2) is 10.3 Å². The minimum absolute atomic E-state index is 0.0809. The molecule has 0 radical (unpaired) electrons. The summed E-state index contributed by atoms with van der Waals surface area (Å²) < 4.78 is 13.3. The summed E-state index contributed by atoms with van der Waals surface area (Å²) in [7, 11) is 0. The fourth-order valence-electron chi connectivity index (χ4n) is 1.98. The summed E-state index contributed by atoms with van der Waals surface area (Å²) >= 11 is 5.23. The Labute approximate surface area is 132 Å². The lowest BCUT2D eigenvalue weighted by Gasteiger charge is -2.15. The molecule has 2 aromatic rings. The lowest BCUT2D eigenvalue weighted by atomic mass is 9.93. The highest BCUT2D eigenvalue weighted by atomic mass is 79.9. The minimum atomic E-state index is -0.178. The minimum Gasteiger partial charge on any atom is -0.246 e. The molecule has 1 atom stereocenters. The van der Waals surface area contributed by atoms with Crippen molar-refractivity contribution >= 4 is 27.3 Å². The highest BCUT2D eigenvalue weighted by molar-refractivity contribution is 9.09. The molecule has 0 saturated carbocycles. The smallest absolute Gasteiger partial charge is 0.123 e. The second-order valence-electron chi connectivity index (χ2n) is 5.99. The van der Waals surface area contributed by atoms with Crippen LogP contribution in [0.2, 0.25) is 0 Å². The van der Waals surface area contributed by atoms with Crippen molar-refractivity contribution in [2.45, 2.75) is 38.5 Å². The predicted octanol–water partition coefficient (Wildman–Crippen LogP) is 5.30. The van der Waals surface area contributed by atoms with Crippen LogP contribution in [0.4, 0.5) is 4.39 Å². The fourth-order valence-corrected chi connectivity index (χ4v) is 3.69. The van der Waals surface area contributed by atoms with Gasteiger partial charge in [-0.05, 0) is 23.6 Å². The van der Waals surface area contributed by atoms with E-state index in [1.165, 1.54) is 6.07 Å². The van der Waals surface area contributed by atoms with Crippen LogP contribution in [0.5, 0.6) is 0 Å². The number of hydrogen-bond acceptors (Lipinski definition) is 2. The van der Waals surface area contributed by atoms with Crippen LogP contribution >= 0.6 is 27.3 Å². The molecule has 108 valence electrons. The molecule has 0 aliphatic rings. The van der Waals surface area contributed by atoms with Gasteiger partial charge in [-0.2, -0.15) is 0 Å².